The monoisotopic (exact) mass is 342 g/mol. The van der Waals surface area contributed by atoms with Gasteiger partial charge in [-0.3, -0.25) is 9.59 Å². The van der Waals surface area contributed by atoms with E-state index >= 15 is 0 Å². The van der Waals surface area contributed by atoms with Crippen LogP contribution in [0.25, 0.3) is 0 Å². The van der Waals surface area contributed by atoms with Gasteiger partial charge < -0.3 is 10.6 Å². The Kier molecular flexibility index (Phi) is 5.64. The molecule has 1 fully saturated rings. The Bertz CT molecular complexity index is 666. The van der Waals surface area contributed by atoms with Gasteiger partial charge in [-0.15, -0.1) is 11.3 Å². The van der Waals surface area contributed by atoms with Crippen LogP contribution in [0.2, 0.25) is 0 Å². The fraction of sp³-hybridized carbons (Fsp3) is 0.368. The van der Waals surface area contributed by atoms with E-state index in [-0.39, 0.29) is 17.9 Å². The van der Waals surface area contributed by atoms with E-state index in [9.17, 15) is 9.59 Å². The number of hydrogen-bond donors (Lipinski definition) is 2. The lowest BCUT2D eigenvalue weighted by molar-refractivity contribution is -0.122. The third-order valence-corrected chi connectivity index (χ3v) is 5.05. The number of carbonyl (C=O) groups is 2. The number of thiophene rings is 1. The molecule has 1 aromatic carbocycles. The van der Waals surface area contributed by atoms with E-state index < -0.39 is 0 Å². The van der Waals surface area contributed by atoms with Crippen molar-refractivity contribution in [3.8, 4) is 0 Å². The van der Waals surface area contributed by atoms with E-state index in [4.69, 9.17) is 0 Å². The SMILES string of the molecule is O=C(CCCNC(=O)c1cccs1)NC(c1ccccc1)C1CC1. The van der Waals surface area contributed by atoms with Crippen molar-refractivity contribution in [1.29, 1.82) is 0 Å². The first-order chi connectivity index (χ1) is 11.7. The van der Waals surface area contributed by atoms with Gasteiger partial charge >= 0.3 is 0 Å². The Labute approximate surface area is 146 Å². The molecule has 3 rings (SSSR count). The second-order valence-electron chi connectivity index (χ2n) is 6.13. The van der Waals surface area contributed by atoms with E-state index in [0.717, 1.165) is 0 Å². The Morgan fingerprint density at radius 2 is 1.92 bits per heavy atom. The lowest BCUT2D eigenvalue weighted by Gasteiger charge is -2.18. The maximum Gasteiger partial charge on any atom is 0.261 e. The van der Waals surface area contributed by atoms with Crippen LogP contribution in [0.3, 0.4) is 0 Å². The van der Waals surface area contributed by atoms with Gasteiger partial charge in [-0.2, -0.15) is 0 Å². The van der Waals surface area contributed by atoms with Crippen molar-refractivity contribution in [2.45, 2.75) is 31.7 Å². The van der Waals surface area contributed by atoms with E-state index in [1.54, 1.807) is 6.07 Å². The van der Waals surface area contributed by atoms with E-state index in [2.05, 4.69) is 22.8 Å². The number of benzene rings is 1. The molecule has 4 nitrogen and oxygen atoms in total. The smallest absolute Gasteiger partial charge is 0.261 e. The van der Waals surface area contributed by atoms with Gasteiger partial charge in [0.05, 0.1) is 10.9 Å². The van der Waals surface area contributed by atoms with Crippen molar-refractivity contribution in [3.63, 3.8) is 0 Å². The summed E-state index contributed by atoms with van der Waals surface area (Å²) in [6, 6.07) is 13.9. The van der Waals surface area contributed by atoms with Crippen molar-refractivity contribution in [3.05, 3.63) is 58.3 Å². The molecule has 1 saturated carbocycles. The summed E-state index contributed by atoms with van der Waals surface area (Å²) in [5, 5.41) is 7.89. The Morgan fingerprint density at radius 1 is 1.12 bits per heavy atom. The van der Waals surface area contributed by atoms with Crippen LogP contribution in [0.15, 0.2) is 47.8 Å². The lowest BCUT2D eigenvalue weighted by atomic mass is 10.0. The van der Waals surface area contributed by atoms with Gasteiger partial charge in [0, 0.05) is 13.0 Å². The fourth-order valence-electron chi connectivity index (χ4n) is 2.75. The first kappa shape index (κ1) is 16.7. The van der Waals surface area contributed by atoms with Crippen molar-refractivity contribution >= 4 is 23.2 Å². The maximum atomic E-state index is 12.2. The zero-order chi connectivity index (χ0) is 16.8. The highest BCUT2D eigenvalue weighted by Gasteiger charge is 2.33. The standard InChI is InChI=1S/C19H22N2O2S/c22-17(9-4-12-20-19(23)16-8-5-13-24-16)21-18(15-10-11-15)14-6-2-1-3-7-14/h1-3,5-8,13,15,18H,4,9-12H2,(H,20,23)(H,21,22). The molecule has 1 unspecified atom stereocenters. The van der Waals surface area contributed by atoms with Gasteiger partial charge in [0.25, 0.3) is 5.91 Å². The molecule has 2 amide bonds. The molecular weight excluding hydrogens is 320 g/mol. The zero-order valence-corrected chi connectivity index (χ0v) is 14.4. The number of hydrogen-bond acceptors (Lipinski definition) is 3. The molecule has 0 bridgehead atoms. The second-order valence-corrected chi connectivity index (χ2v) is 7.08. The highest BCUT2D eigenvalue weighted by molar-refractivity contribution is 7.12. The van der Waals surface area contributed by atoms with Crippen molar-refractivity contribution in [2.75, 3.05) is 6.54 Å². The third-order valence-electron chi connectivity index (χ3n) is 4.18. The van der Waals surface area contributed by atoms with Gasteiger partial charge in [-0.1, -0.05) is 36.4 Å². The summed E-state index contributed by atoms with van der Waals surface area (Å²) in [4.78, 5) is 24.7. The third kappa shape index (κ3) is 4.68. The first-order valence-electron chi connectivity index (χ1n) is 8.40. The van der Waals surface area contributed by atoms with Gasteiger partial charge in [-0.25, -0.2) is 0 Å². The number of amides is 2. The Morgan fingerprint density at radius 3 is 2.58 bits per heavy atom. The quantitative estimate of drug-likeness (QED) is 0.721. The molecule has 24 heavy (non-hydrogen) atoms. The fourth-order valence-corrected chi connectivity index (χ4v) is 3.39. The van der Waals surface area contributed by atoms with E-state index in [1.165, 1.54) is 29.7 Å². The molecule has 1 aromatic heterocycles. The molecule has 0 aliphatic heterocycles. The molecule has 1 aliphatic carbocycles. The van der Waals surface area contributed by atoms with Crippen molar-refractivity contribution < 1.29 is 9.59 Å². The lowest BCUT2D eigenvalue weighted by Crippen LogP contribution is -2.31. The summed E-state index contributed by atoms with van der Waals surface area (Å²) in [7, 11) is 0. The average Bonchev–Trinajstić information content (AvgIpc) is 3.30. The van der Waals surface area contributed by atoms with Gasteiger partial charge in [-0.05, 0) is 42.2 Å². The molecule has 1 heterocycles. The molecule has 126 valence electrons. The molecule has 5 heteroatoms. The minimum absolute atomic E-state index is 0.0566. The van der Waals surface area contributed by atoms with Crippen LogP contribution in [-0.2, 0) is 4.79 Å². The molecule has 0 spiro atoms. The number of carbonyl (C=O) groups excluding carboxylic acids is 2. The van der Waals surface area contributed by atoms with Crippen LogP contribution in [0.5, 0.6) is 0 Å². The van der Waals surface area contributed by atoms with Crippen LogP contribution in [0.1, 0.15) is 47.0 Å². The molecule has 1 aliphatic rings. The number of nitrogens with one attached hydrogen (secondary N) is 2. The van der Waals surface area contributed by atoms with Crippen LogP contribution < -0.4 is 10.6 Å². The van der Waals surface area contributed by atoms with Crippen molar-refractivity contribution in [1.82, 2.24) is 10.6 Å². The highest BCUT2D eigenvalue weighted by atomic mass is 32.1. The van der Waals surface area contributed by atoms with E-state index in [0.29, 0.717) is 30.2 Å². The van der Waals surface area contributed by atoms with Crippen molar-refractivity contribution in [2.24, 2.45) is 5.92 Å². The van der Waals surface area contributed by atoms with Crippen LogP contribution in [0.4, 0.5) is 0 Å². The summed E-state index contributed by atoms with van der Waals surface area (Å²) >= 11 is 1.42. The molecule has 1 atom stereocenters. The summed E-state index contributed by atoms with van der Waals surface area (Å²) in [5.74, 6) is 0.557. The predicted octanol–water partition coefficient (Wildman–Crippen LogP) is 3.53. The van der Waals surface area contributed by atoms with Gasteiger partial charge in [0.15, 0.2) is 0 Å². The topological polar surface area (TPSA) is 58.2 Å². The predicted molar refractivity (Wildman–Crippen MR) is 95.9 cm³/mol. The van der Waals surface area contributed by atoms with E-state index in [1.807, 2.05) is 29.6 Å². The summed E-state index contributed by atoms with van der Waals surface area (Å²) in [6.45, 7) is 0.517. The molecule has 0 radical (unpaired) electrons. The summed E-state index contributed by atoms with van der Waals surface area (Å²) in [5.41, 5.74) is 1.18. The summed E-state index contributed by atoms with van der Waals surface area (Å²) in [6.07, 6.45) is 3.43. The second kappa shape index (κ2) is 8.11. The summed E-state index contributed by atoms with van der Waals surface area (Å²) < 4.78 is 0. The van der Waals surface area contributed by atoms with Gasteiger partial charge in [0.1, 0.15) is 0 Å². The number of rotatable bonds is 8. The first-order valence-corrected chi connectivity index (χ1v) is 9.28. The van der Waals surface area contributed by atoms with Crippen LogP contribution in [-0.4, -0.2) is 18.4 Å². The van der Waals surface area contributed by atoms with Crippen LogP contribution >= 0.6 is 11.3 Å². The highest BCUT2D eigenvalue weighted by Crippen LogP contribution is 2.40. The maximum absolute atomic E-state index is 12.2. The molecule has 0 saturated heterocycles. The average molecular weight is 342 g/mol. The minimum Gasteiger partial charge on any atom is -0.351 e. The zero-order valence-electron chi connectivity index (χ0n) is 13.5. The van der Waals surface area contributed by atoms with Crippen LogP contribution in [0, 0.1) is 5.92 Å². The normalized spacial score (nSPS) is 14.8. The Hall–Kier alpha value is -2.14. The molecule has 2 aromatic rings. The molecule has 2 N–H and O–H groups in total. The largest absolute Gasteiger partial charge is 0.351 e. The molecular formula is C19H22N2O2S. The minimum atomic E-state index is -0.0643. The van der Waals surface area contributed by atoms with Gasteiger partial charge in [0.2, 0.25) is 5.91 Å². The Balaban J connectivity index is 1.41.